The monoisotopic (exact) mass is 548 g/mol. The van der Waals surface area contributed by atoms with Gasteiger partial charge in [0, 0.05) is 31.1 Å². The predicted molar refractivity (Wildman–Crippen MR) is 137 cm³/mol. The number of alkyl halides is 3. The summed E-state index contributed by atoms with van der Waals surface area (Å²) in [5, 5.41) is 8.03. The molecule has 0 saturated carbocycles. The summed E-state index contributed by atoms with van der Waals surface area (Å²) in [4.78, 5) is 34.1. The summed E-state index contributed by atoms with van der Waals surface area (Å²) in [6.07, 6.45) is -0.937. The van der Waals surface area contributed by atoms with Gasteiger partial charge in [0.05, 0.1) is 47.6 Å². The van der Waals surface area contributed by atoms with Crippen LogP contribution in [0, 0.1) is 12.7 Å². The van der Waals surface area contributed by atoms with Gasteiger partial charge in [0.25, 0.3) is 5.91 Å². The van der Waals surface area contributed by atoms with E-state index in [1.807, 2.05) is 0 Å². The number of carbonyl (C=O) groups is 2. The first-order valence-corrected chi connectivity index (χ1v) is 11.7. The minimum atomic E-state index is -4.76. The highest BCUT2D eigenvalue weighted by Crippen LogP contribution is 2.36. The Morgan fingerprint density at radius 3 is 2.64 bits per heavy atom. The molecule has 39 heavy (non-hydrogen) atoms. The minimum Gasteiger partial charge on any atom is -0.404 e. The Hall–Kier alpha value is -4.26. The second-order valence-electron chi connectivity index (χ2n) is 8.94. The molecule has 0 radical (unpaired) electrons. The van der Waals surface area contributed by atoms with E-state index >= 15 is 0 Å². The molecule has 1 aliphatic rings. The van der Waals surface area contributed by atoms with Gasteiger partial charge >= 0.3 is 6.18 Å². The van der Waals surface area contributed by atoms with Crippen molar-refractivity contribution in [2.24, 2.45) is 10.7 Å². The Bertz CT molecular complexity index is 1320. The molecule has 1 aromatic heterocycles. The van der Waals surface area contributed by atoms with Crippen molar-refractivity contribution in [2.45, 2.75) is 38.5 Å². The molecule has 5 N–H and O–H groups in total. The van der Waals surface area contributed by atoms with Crippen molar-refractivity contribution in [3.63, 3.8) is 0 Å². The third kappa shape index (κ3) is 7.41. The van der Waals surface area contributed by atoms with Gasteiger partial charge in [-0.1, -0.05) is 6.58 Å². The van der Waals surface area contributed by atoms with E-state index in [4.69, 9.17) is 10.5 Å². The quantitative estimate of drug-likeness (QED) is 0.215. The number of pyridine rings is 1. The molecule has 1 fully saturated rings. The van der Waals surface area contributed by atoms with Crippen molar-refractivity contribution >= 4 is 29.4 Å². The van der Waals surface area contributed by atoms with Gasteiger partial charge in [0.1, 0.15) is 11.4 Å². The Morgan fingerprint density at radius 1 is 1.31 bits per heavy atom. The van der Waals surface area contributed by atoms with Crippen LogP contribution in [0.5, 0.6) is 0 Å². The van der Waals surface area contributed by atoms with Crippen molar-refractivity contribution in [3.8, 4) is 0 Å². The number of allylic oxidation sites excluding steroid dienone is 1. The Kier molecular flexibility index (Phi) is 9.07. The topological polar surface area (TPSA) is 131 Å². The Balaban J connectivity index is 1.71. The fourth-order valence-corrected chi connectivity index (χ4v) is 3.75. The van der Waals surface area contributed by atoms with Gasteiger partial charge < -0.3 is 26.4 Å². The molecule has 2 heterocycles. The summed E-state index contributed by atoms with van der Waals surface area (Å²) < 4.78 is 58.7. The largest absolute Gasteiger partial charge is 0.418 e. The smallest absolute Gasteiger partial charge is 0.404 e. The van der Waals surface area contributed by atoms with Gasteiger partial charge in [0.2, 0.25) is 5.91 Å². The number of aliphatic imine (C=N–C) groups is 1. The third-order valence-corrected chi connectivity index (χ3v) is 5.84. The second kappa shape index (κ2) is 12.1. The number of halogens is 4. The average Bonchev–Trinajstić information content (AvgIpc) is 3.33. The van der Waals surface area contributed by atoms with E-state index in [-0.39, 0.29) is 43.1 Å². The number of anilines is 2. The summed E-state index contributed by atoms with van der Waals surface area (Å²) in [5.41, 5.74) is 4.46. The van der Waals surface area contributed by atoms with E-state index < -0.39 is 34.9 Å². The zero-order valence-corrected chi connectivity index (χ0v) is 21.3. The average molecular weight is 549 g/mol. The first-order chi connectivity index (χ1) is 18.3. The van der Waals surface area contributed by atoms with Crippen LogP contribution in [0.2, 0.25) is 0 Å². The van der Waals surface area contributed by atoms with Gasteiger partial charge in [-0.25, -0.2) is 4.39 Å². The van der Waals surface area contributed by atoms with Gasteiger partial charge in [-0.2, -0.15) is 13.2 Å². The molecule has 2 aromatic rings. The van der Waals surface area contributed by atoms with Crippen molar-refractivity contribution in [1.29, 1.82) is 0 Å². The van der Waals surface area contributed by atoms with Gasteiger partial charge in [-0.3, -0.25) is 19.6 Å². The molecular weight excluding hydrogens is 520 g/mol. The summed E-state index contributed by atoms with van der Waals surface area (Å²) in [6.45, 7) is 7.09. The number of ether oxygens (including phenoxy) is 1. The molecule has 13 heteroatoms. The maximum absolute atomic E-state index is 13.4. The minimum absolute atomic E-state index is 0.0242. The van der Waals surface area contributed by atoms with E-state index in [9.17, 15) is 27.2 Å². The number of nitrogens with one attached hydrogen (secondary N) is 3. The van der Waals surface area contributed by atoms with Crippen LogP contribution in [0.25, 0.3) is 0 Å². The highest BCUT2D eigenvalue weighted by Gasteiger charge is 2.44. The lowest BCUT2D eigenvalue weighted by atomic mass is 9.96. The number of rotatable bonds is 9. The second-order valence-corrected chi connectivity index (χ2v) is 8.94. The Morgan fingerprint density at radius 2 is 2.05 bits per heavy atom. The molecule has 2 amide bonds. The van der Waals surface area contributed by atoms with Gasteiger partial charge in [-0.05, 0) is 43.7 Å². The highest BCUT2D eigenvalue weighted by atomic mass is 19.4. The van der Waals surface area contributed by atoms with Crippen LogP contribution >= 0.6 is 0 Å². The predicted octanol–water partition coefficient (Wildman–Crippen LogP) is 3.63. The molecule has 1 aromatic carbocycles. The number of amides is 2. The Labute approximate surface area is 222 Å². The van der Waals surface area contributed by atoms with Crippen LogP contribution < -0.4 is 21.7 Å². The number of aryl methyl sites for hydroxylation is 1. The van der Waals surface area contributed by atoms with Crippen LogP contribution in [0.3, 0.4) is 0 Å². The molecule has 0 bridgehead atoms. The first kappa shape index (κ1) is 29.3. The molecule has 9 nitrogen and oxygen atoms in total. The number of aromatic nitrogens is 1. The third-order valence-electron chi connectivity index (χ3n) is 5.84. The number of nitrogens with two attached hydrogens (primary N) is 1. The van der Waals surface area contributed by atoms with Crippen LogP contribution in [0.1, 0.15) is 30.2 Å². The van der Waals surface area contributed by atoms with Crippen molar-refractivity contribution in [2.75, 3.05) is 18.5 Å². The summed E-state index contributed by atoms with van der Waals surface area (Å²) in [6, 6.07) is 3.87. The van der Waals surface area contributed by atoms with Crippen LogP contribution in [0.4, 0.5) is 28.9 Å². The normalized spacial score (nSPS) is 17.7. The van der Waals surface area contributed by atoms with Crippen molar-refractivity contribution in [1.82, 2.24) is 15.6 Å². The van der Waals surface area contributed by atoms with E-state index in [0.717, 1.165) is 18.3 Å². The fraction of sp³-hybridized carbons (Fsp3) is 0.308. The van der Waals surface area contributed by atoms with Crippen molar-refractivity contribution in [3.05, 3.63) is 77.1 Å². The maximum Gasteiger partial charge on any atom is 0.418 e. The molecule has 208 valence electrons. The standard InChI is InChI=1S/C26H28F4N6O3/c1-15(2)32-11-17(10-31)23(37)36-25(6-7-39-14-25)24(38)34-13-22-16(3)8-19(12-33-22)35-21-5-4-18(27)9-20(21)26(28,29)30/h4-5,8-12,35H,1,6-7,13-14,31H2,2-3H3,(H,34,38)(H,36,37)/b17-10+,32-11-/t25-/m0/s1. The summed E-state index contributed by atoms with van der Waals surface area (Å²) in [7, 11) is 0. The molecule has 0 spiro atoms. The molecule has 0 aliphatic carbocycles. The molecule has 0 unspecified atom stereocenters. The number of hydrogen-bond acceptors (Lipinski definition) is 7. The number of hydrogen-bond donors (Lipinski definition) is 4. The number of carbonyl (C=O) groups excluding carboxylic acids is 2. The first-order valence-electron chi connectivity index (χ1n) is 11.7. The maximum atomic E-state index is 13.4. The lowest BCUT2D eigenvalue weighted by Crippen LogP contribution is -2.59. The number of nitrogens with zero attached hydrogens (tertiary/aromatic N) is 2. The van der Waals surface area contributed by atoms with E-state index in [0.29, 0.717) is 23.0 Å². The van der Waals surface area contributed by atoms with Gasteiger partial charge in [-0.15, -0.1) is 0 Å². The van der Waals surface area contributed by atoms with E-state index in [1.165, 1.54) is 12.4 Å². The summed E-state index contributed by atoms with van der Waals surface area (Å²) >= 11 is 0. The molecule has 1 aliphatic heterocycles. The molecular formula is C26H28F4N6O3. The lowest BCUT2D eigenvalue weighted by molar-refractivity contribution is -0.137. The highest BCUT2D eigenvalue weighted by molar-refractivity contribution is 6.13. The van der Waals surface area contributed by atoms with Crippen molar-refractivity contribution < 1.29 is 31.9 Å². The fourth-order valence-electron chi connectivity index (χ4n) is 3.75. The van der Waals surface area contributed by atoms with Gasteiger partial charge in [0.15, 0.2) is 0 Å². The SMILES string of the molecule is C=C(C)/N=C\C(=C/N)C(=O)N[C@@]1(C(=O)NCc2ncc(Nc3ccc(F)cc3C(F)(F)F)cc2C)CCOC1. The van der Waals surface area contributed by atoms with Crippen LogP contribution in [-0.2, 0) is 27.0 Å². The number of benzene rings is 1. The lowest BCUT2D eigenvalue weighted by Gasteiger charge is -2.27. The molecule has 3 rings (SSSR count). The zero-order valence-electron chi connectivity index (χ0n) is 21.3. The van der Waals surface area contributed by atoms with E-state index in [2.05, 4.69) is 32.5 Å². The molecule has 1 saturated heterocycles. The molecule has 1 atom stereocenters. The zero-order chi connectivity index (χ0) is 28.8. The van der Waals surface area contributed by atoms with E-state index in [1.54, 1.807) is 19.9 Å². The van der Waals surface area contributed by atoms with Crippen LogP contribution in [-0.4, -0.2) is 41.8 Å². The summed E-state index contributed by atoms with van der Waals surface area (Å²) in [5.74, 6) is -2.14. The van der Waals surface area contributed by atoms with Crippen LogP contribution in [0.15, 0.2) is 59.5 Å².